The van der Waals surface area contributed by atoms with Crippen molar-refractivity contribution in [2.75, 3.05) is 13.2 Å². The van der Waals surface area contributed by atoms with E-state index >= 15 is 0 Å². The van der Waals surface area contributed by atoms with Gasteiger partial charge < -0.3 is 9.47 Å². The zero-order chi connectivity index (χ0) is 9.52. The van der Waals surface area contributed by atoms with Crippen LogP contribution in [0.4, 0.5) is 0 Å². The SMILES string of the molecule is CCCCCCC1COC(=O)CO1. The third kappa shape index (κ3) is 4.27. The molecule has 1 rings (SSSR count). The molecule has 1 unspecified atom stereocenters. The third-order valence-corrected chi connectivity index (χ3v) is 2.25. The standard InChI is InChI=1S/C10H18O3/c1-2-3-4-5-6-9-7-13-10(11)8-12-9/h9H,2-8H2,1H3. The Morgan fingerprint density at radius 3 is 2.85 bits per heavy atom. The molecule has 0 aromatic carbocycles. The monoisotopic (exact) mass is 186 g/mol. The quantitative estimate of drug-likeness (QED) is 0.486. The Morgan fingerprint density at radius 2 is 2.23 bits per heavy atom. The maximum Gasteiger partial charge on any atom is 0.332 e. The van der Waals surface area contributed by atoms with Crippen molar-refractivity contribution in [1.82, 2.24) is 0 Å². The zero-order valence-electron chi connectivity index (χ0n) is 8.25. The molecule has 3 nitrogen and oxygen atoms in total. The number of cyclic esters (lactones) is 1. The van der Waals surface area contributed by atoms with Gasteiger partial charge in [0.15, 0.2) is 0 Å². The molecular weight excluding hydrogens is 168 g/mol. The summed E-state index contributed by atoms with van der Waals surface area (Å²) in [5.41, 5.74) is 0. The van der Waals surface area contributed by atoms with Crippen LogP contribution in [0, 0.1) is 0 Å². The first-order valence-electron chi connectivity index (χ1n) is 5.10. The van der Waals surface area contributed by atoms with Crippen LogP contribution in [0.2, 0.25) is 0 Å². The van der Waals surface area contributed by atoms with Gasteiger partial charge in [0.05, 0.1) is 6.10 Å². The maximum absolute atomic E-state index is 10.6. The highest BCUT2D eigenvalue weighted by atomic mass is 16.6. The van der Waals surface area contributed by atoms with E-state index in [4.69, 9.17) is 9.47 Å². The Hall–Kier alpha value is -0.570. The lowest BCUT2D eigenvalue weighted by Gasteiger charge is -2.21. The normalized spacial score (nSPS) is 22.8. The van der Waals surface area contributed by atoms with Gasteiger partial charge in [-0.3, -0.25) is 0 Å². The summed E-state index contributed by atoms with van der Waals surface area (Å²) in [5.74, 6) is -0.232. The second kappa shape index (κ2) is 5.97. The Labute approximate surface area is 79.4 Å². The van der Waals surface area contributed by atoms with Gasteiger partial charge in [0.1, 0.15) is 13.2 Å². The fourth-order valence-corrected chi connectivity index (χ4v) is 1.43. The molecule has 0 N–H and O–H groups in total. The van der Waals surface area contributed by atoms with E-state index in [0.29, 0.717) is 6.61 Å². The Kier molecular flexibility index (Phi) is 4.83. The van der Waals surface area contributed by atoms with E-state index in [1.807, 2.05) is 0 Å². The average Bonchev–Trinajstić information content (AvgIpc) is 2.15. The lowest BCUT2D eigenvalue weighted by molar-refractivity contribution is -0.168. The molecule has 1 aliphatic rings. The lowest BCUT2D eigenvalue weighted by Crippen LogP contribution is -2.32. The van der Waals surface area contributed by atoms with Crippen LogP contribution in [0.25, 0.3) is 0 Å². The molecule has 0 aromatic heterocycles. The van der Waals surface area contributed by atoms with E-state index in [9.17, 15) is 4.79 Å². The van der Waals surface area contributed by atoms with Gasteiger partial charge >= 0.3 is 5.97 Å². The Bertz CT molecular complexity index is 146. The summed E-state index contributed by atoms with van der Waals surface area (Å²) in [4.78, 5) is 10.6. The summed E-state index contributed by atoms with van der Waals surface area (Å²) in [6.07, 6.45) is 6.13. The topological polar surface area (TPSA) is 35.5 Å². The van der Waals surface area contributed by atoms with Crippen molar-refractivity contribution in [1.29, 1.82) is 0 Å². The van der Waals surface area contributed by atoms with Gasteiger partial charge in [0.2, 0.25) is 0 Å². The molecule has 0 amide bonds. The van der Waals surface area contributed by atoms with Crippen molar-refractivity contribution in [3.8, 4) is 0 Å². The van der Waals surface area contributed by atoms with E-state index < -0.39 is 0 Å². The van der Waals surface area contributed by atoms with Gasteiger partial charge in [-0.1, -0.05) is 32.6 Å². The fourth-order valence-electron chi connectivity index (χ4n) is 1.43. The summed E-state index contributed by atoms with van der Waals surface area (Å²) < 4.78 is 10.2. The van der Waals surface area contributed by atoms with Crippen molar-refractivity contribution in [2.45, 2.75) is 45.1 Å². The number of carbonyl (C=O) groups excluding carboxylic acids is 1. The van der Waals surface area contributed by atoms with E-state index in [2.05, 4.69) is 6.92 Å². The predicted octanol–water partition coefficient (Wildman–Crippen LogP) is 1.90. The molecule has 1 atom stereocenters. The number of esters is 1. The minimum absolute atomic E-state index is 0.137. The highest BCUT2D eigenvalue weighted by Gasteiger charge is 2.19. The zero-order valence-corrected chi connectivity index (χ0v) is 8.25. The first-order valence-corrected chi connectivity index (χ1v) is 5.10. The molecule has 1 fully saturated rings. The first-order chi connectivity index (χ1) is 6.33. The van der Waals surface area contributed by atoms with Gasteiger partial charge in [0, 0.05) is 0 Å². The summed E-state index contributed by atoms with van der Waals surface area (Å²) in [6, 6.07) is 0. The number of hydrogen-bond donors (Lipinski definition) is 0. The molecule has 3 heteroatoms. The second-order valence-corrected chi connectivity index (χ2v) is 3.47. The van der Waals surface area contributed by atoms with E-state index in [1.54, 1.807) is 0 Å². The molecule has 76 valence electrons. The molecule has 13 heavy (non-hydrogen) atoms. The summed E-state index contributed by atoms with van der Waals surface area (Å²) in [6.45, 7) is 2.78. The van der Waals surface area contributed by atoms with E-state index in [-0.39, 0.29) is 18.7 Å². The Balaban J connectivity index is 1.99. The number of rotatable bonds is 5. The van der Waals surface area contributed by atoms with Gasteiger partial charge in [-0.25, -0.2) is 4.79 Å². The molecule has 0 aliphatic carbocycles. The molecule has 0 aromatic rings. The first kappa shape index (κ1) is 10.5. The lowest BCUT2D eigenvalue weighted by atomic mass is 10.1. The van der Waals surface area contributed by atoms with Crippen LogP contribution in [0.5, 0.6) is 0 Å². The van der Waals surface area contributed by atoms with Crippen molar-refractivity contribution in [2.24, 2.45) is 0 Å². The molecule has 0 saturated carbocycles. The second-order valence-electron chi connectivity index (χ2n) is 3.47. The van der Waals surface area contributed by atoms with Crippen LogP contribution in [-0.4, -0.2) is 25.3 Å². The smallest absolute Gasteiger partial charge is 0.332 e. The van der Waals surface area contributed by atoms with Gasteiger partial charge in [-0.05, 0) is 6.42 Å². The van der Waals surface area contributed by atoms with Crippen molar-refractivity contribution in [3.63, 3.8) is 0 Å². The highest BCUT2D eigenvalue weighted by molar-refractivity contribution is 5.71. The number of hydrogen-bond acceptors (Lipinski definition) is 3. The van der Waals surface area contributed by atoms with E-state index in [0.717, 1.165) is 6.42 Å². The molecule has 0 radical (unpaired) electrons. The van der Waals surface area contributed by atoms with Gasteiger partial charge in [-0.2, -0.15) is 0 Å². The van der Waals surface area contributed by atoms with Crippen molar-refractivity contribution >= 4 is 5.97 Å². The van der Waals surface area contributed by atoms with Crippen LogP contribution >= 0.6 is 0 Å². The molecular formula is C10H18O3. The fraction of sp³-hybridized carbons (Fsp3) is 0.900. The maximum atomic E-state index is 10.6. The number of unbranched alkanes of at least 4 members (excludes halogenated alkanes) is 3. The highest BCUT2D eigenvalue weighted by Crippen LogP contribution is 2.11. The Morgan fingerprint density at radius 1 is 1.38 bits per heavy atom. The van der Waals surface area contributed by atoms with Crippen LogP contribution < -0.4 is 0 Å². The summed E-state index contributed by atoms with van der Waals surface area (Å²) in [7, 11) is 0. The van der Waals surface area contributed by atoms with Crippen LogP contribution in [0.15, 0.2) is 0 Å². The molecule has 1 aliphatic heterocycles. The minimum atomic E-state index is -0.232. The van der Waals surface area contributed by atoms with Crippen LogP contribution in [-0.2, 0) is 14.3 Å². The number of ether oxygens (including phenoxy) is 2. The van der Waals surface area contributed by atoms with Crippen LogP contribution in [0.3, 0.4) is 0 Å². The minimum Gasteiger partial charge on any atom is -0.461 e. The average molecular weight is 186 g/mol. The van der Waals surface area contributed by atoms with Crippen LogP contribution in [0.1, 0.15) is 39.0 Å². The third-order valence-electron chi connectivity index (χ3n) is 2.25. The molecule has 1 saturated heterocycles. The molecule has 0 spiro atoms. The molecule has 0 bridgehead atoms. The largest absolute Gasteiger partial charge is 0.461 e. The van der Waals surface area contributed by atoms with Gasteiger partial charge in [-0.15, -0.1) is 0 Å². The van der Waals surface area contributed by atoms with Gasteiger partial charge in [0.25, 0.3) is 0 Å². The predicted molar refractivity (Wildman–Crippen MR) is 49.5 cm³/mol. The summed E-state index contributed by atoms with van der Waals surface area (Å²) in [5, 5.41) is 0. The van der Waals surface area contributed by atoms with Crippen molar-refractivity contribution < 1.29 is 14.3 Å². The summed E-state index contributed by atoms with van der Waals surface area (Å²) >= 11 is 0. The number of carbonyl (C=O) groups is 1. The van der Waals surface area contributed by atoms with Crippen molar-refractivity contribution in [3.05, 3.63) is 0 Å². The molecule has 1 heterocycles. The van der Waals surface area contributed by atoms with E-state index in [1.165, 1.54) is 25.7 Å².